The van der Waals surface area contributed by atoms with Gasteiger partial charge >= 0.3 is 0 Å². The van der Waals surface area contributed by atoms with Gasteiger partial charge in [-0.15, -0.1) is 0 Å². The van der Waals surface area contributed by atoms with E-state index < -0.39 is 17.7 Å². The molecule has 0 aromatic heterocycles. The summed E-state index contributed by atoms with van der Waals surface area (Å²) in [6.07, 6.45) is 1.71. The van der Waals surface area contributed by atoms with Crippen molar-refractivity contribution in [3.63, 3.8) is 0 Å². The number of carbonyl (C=O) groups is 2. The maximum Gasteiger partial charge on any atom is 0.295 e. The molecule has 29 heavy (non-hydrogen) atoms. The second-order valence-electron chi connectivity index (χ2n) is 7.70. The number of aliphatic hydroxyl groups excluding tert-OH is 1. The molecule has 5 nitrogen and oxygen atoms in total. The van der Waals surface area contributed by atoms with E-state index in [2.05, 4.69) is 0 Å². The number of rotatable bonds is 6. The fourth-order valence-corrected chi connectivity index (χ4v) is 3.61. The number of aryl methyl sites for hydroxylation is 1. The summed E-state index contributed by atoms with van der Waals surface area (Å²) >= 11 is 0. The lowest BCUT2D eigenvalue weighted by Crippen LogP contribution is -2.30. The first-order chi connectivity index (χ1) is 13.8. The number of nitrogens with zero attached hydrogens (tertiary/aromatic N) is 2. The molecule has 0 bridgehead atoms. The minimum Gasteiger partial charge on any atom is -0.507 e. The average Bonchev–Trinajstić information content (AvgIpc) is 2.97. The van der Waals surface area contributed by atoms with Crippen LogP contribution in [0.2, 0.25) is 0 Å². The van der Waals surface area contributed by atoms with E-state index >= 15 is 0 Å². The summed E-state index contributed by atoms with van der Waals surface area (Å²) in [6, 6.07) is 14.5. The van der Waals surface area contributed by atoms with Gasteiger partial charge in [-0.05, 0) is 31.0 Å². The molecule has 1 aliphatic rings. The van der Waals surface area contributed by atoms with Gasteiger partial charge in [-0.3, -0.25) is 9.59 Å². The van der Waals surface area contributed by atoms with Crippen molar-refractivity contribution in [2.24, 2.45) is 0 Å². The van der Waals surface area contributed by atoms with Gasteiger partial charge < -0.3 is 14.9 Å². The molecule has 1 atom stereocenters. The Bertz CT molecular complexity index is 928. The molecule has 0 spiro atoms. The van der Waals surface area contributed by atoms with Crippen molar-refractivity contribution in [3.8, 4) is 0 Å². The van der Waals surface area contributed by atoms with Crippen molar-refractivity contribution in [2.75, 3.05) is 25.5 Å². The zero-order valence-corrected chi connectivity index (χ0v) is 17.5. The van der Waals surface area contributed by atoms with Crippen LogP contribution in [-0.2, 0) is 9.59 Å². The molecule has 1 aliphatic heterocycles. The van der Waals surface area contributed by atoms with Crippen LogP contribution in [-0.4, -0.2) is 42.3 Å². The third kappa shape index (κ3) is 4.04. The van der Waals surface area contributed by atoms with Crippen LogP contribution >= 0.6 is 0 Å². The Kier molecular flexibility index (Phi) is 6.06. The highest BCUT2D eigenvalue weighted by Crippen LogP contribution is 2.39. The van der Waals surface area contributed by atoms with Gasteiger partial charge in [0.05, 0.1) is 11.6 Å². The fraction of sp³-hybridized carbons (Fsp3) is 0.333. The van der Waals surface area contributed by atoms with Gasteiger partial charge in [0.15, 0.2) is 0 Å². The largest absolute Gasteiger partial charge is 0.507 e. The number of ketones is 1. The monoisotopic (exact) mass is 392 g/mol. The smallest absolute Gasteiger partial charge is 0.295 e. The van der Waals surface area contributed by atoms with Crippen LogP contribution < -0.4 is 4.90 Å². The van der Waals surface area contributed by atoms with Gasteiger partial charge in [-0.1, -0.05) is 55.3 Å². The highest BCUT2D eigenvalue weighted by molar-refractivity contribution is 6.46. The Hall–Kier alpha value is -3.08. The standard InChI is InChI=1S/C24H28N2O3/c1-5-6-15-26-21(17-11-13-19(14-12-17)25(3)4)20(23(28)24(26)29)22(27)18-9-7-16(2)8-10-18/h7-14,21,27H,5-6,15H2,1-4H3/t21-/m0/s1. The summed E-state index contributed by atoms with van der Waals surface area (Å²) < 4.78 is 0. The maximum atomic E-state index is 12.9. The van der Waals surface area contributed by atoms with Crippen LogP contribution in [0.15, 0.2) is 54.1 Å². The molecule has 0 radical (unpaired) electrons. The molecule has 3 rings (SSSR count). The van der Waals surface area contributed by atoms with Crippen LogP contribution in [0.4, 0.5) is 5.69 Å². The Morgan fingerprint density at radius 1 is 1.03 bits per heavy atom. The van der Waals surface area contributed by atoms with E-state index in [1.54, 1.807) is 17.0 Å². The molecular formula is C24H28N2O3. The second kappa shape index (κ2) is 8.52. The van der Waals surface area contributed by atoms with Crippen molar-refractivity contribution >= 4 is 23.1 Å². The number of carbonyl (C=O) groups excluding carboxylic acids is 2. The number of hydrogen-bond acceptors (Lipinski definition) is 4. The Morgan fingerprint density at radius 2 is 1.66 bits per heavy atom. The van der Waals surface area contributed by atoms with Crippen LogP contribution in [0.3, 0.4) is 0 Å². The van der Waals surface area contributed by atoms with Gasteiger partial charge in [-0.2, -0.15) is 0 Å². The molecule has 1 amide bonds. The molecule has 0 unspecified atom stereocenters. The normalized spacial score (nSPS) is 18.3. The van der Waals surface area contributed by atoms with Crippen molar-refractivity contribution in [3.05, 3.63) is 70.8 Å². The van der Waals surface area contributed by atoms with Crippen molar-refractivity contribution in [1.29, 1.82) is 0 Å². The highest BCUT2D eigenvalue weighted by atomic mass is 16.3. The van der Waals surface area contributed by atoms with Gasteiger partial charge in [-0.25, -0.2) is 0 Å². The van der Waals surface area contributed by atoms with E-state index in [0.717, 1.165) is 29.7 Å². The van der Waals surface area contributed by atoms with Crippen molar-refractivity contribution in [2.45, 2.75) is 32.7 Å². The van der Waals surface area contributed by atoms with E-state index in [1.165, 1.54) is 0 Å². The Labute approximate surface area is 172 Å². The predicted molar refractivity (Wildman–Crippen MR) is 116 cm³/mol. The predicted octanol–water partition coefficient (Wildman–Crippen LogP) is 4.28. The zero-order chi connectivity index (χ0) is 21.1. The topological polar surface area (TPSA) is 60.9 Å². The van der Waals surface area contributed by atoms with E-state index in [0.29, 0.717) is 12.1 Å². The van der Waals surface area contributed by atoms with Crippen LogP contribution in [0.5, 0.6) is 0 Å². The van der Waals surface area contributed by atoms with E-state index in [4.69, 9.17) is 0 Å². The molecule has 1 heterocycles. The third-order valence-corrected chi connectivity index (χ3v) is 5.34. The van der Waals surface area contributed by atoms with E-state index in [-0.39, 0.29) is 11.3 Å². The molecule has 1 fully saturated rings. The summed E-state index contributed by atoms with van der Waals surface area (Å²) in [5.74, 6) is -1.29. The van der Waals surface area contributed by atoms with Crippen molar-refractivity contribution < 1.29 is 14.7 Å². The molecule has 1 N–H and O–H groups in total. The Balaban J connectivity index is 2.13. The molecule has 0 aliphatic carbocycles. The summed E-state index contributed by atoms with van der Waals surface area (Å²) in [5.41, 5.74) is 3.60. The van der Waals surface area contributed by atoms with Crippen LogP contribution in [0.1, 0.15) is 42.5 Å². The molecule has 2 aromatic carbocycles. The number of hydrogen-bond donors (Lipinski definition) is 1. The Morgan fingerprint density at radius 3 is 2.21 bits per heavy atom. The zero-order valence-electron chi connectivity index (χ0n) is 17.5. The SMILES string of the molecule is CCCCN1C(=O)C(=O)C(=C(O)c2ccc(C)cc2)[C@@H]1c1ccc(N(C)C)cc1. The van der Waals surface area contributed by atoms with Crippen molar-refractivity contribution in [1.82, 2.24) is 4.90 Å². The molecule has 2 aromatic rings. The number of amides is 1. The maximum absolute atomic E-state index is 12.9. The van der Waals surface area contributed by atoms with Gasteiger partial charge in [0.25, 0.3) is 11.7 Å². The van der Waals surface area contributed by atoms with E-state index in [1.807, 2.05) is 69.2 Å². The highest BCUT2D eigenvalue weighted by Gasteiger charge is 2.45. The molecule has 5 heteroatoms. The number of anilines is 1. The summed E-state index contributed by atoms with van der Waals surface area (Å²) in [7, 11) is 3.92. The van der Waals surface area contributed by atoms with Gasteiger partial charge in [0.2, 0.25) is 0 Å². The quantitative estimate of drug-likeness (QED) is 0.453. The number of likely N-dealkylation sites (tertiary alicyclic amines) is 1. The summed E-state index contributed by atoms with van der Waals surface area (Å²) in [5, 5.41) is 11.0. The van der Waals surface area contributed by atoms with Crippen LogP contribution in [0.25, 0.3) is 5.76 Å². The van der Waals surface area contributed by atoms with Gasteiger partial charge in [0, 0.05) is 31.9 Å². The lowest BCUT2D eigenvalue weighted by molar-refractivity contribution is -0.139. The third-order valence-electron chi connectivity index (χ3n) is 5.34. The van der Waals surface area contributed by atoms with Gasteiger partial charge in [0.1, 0.15) is 5.76 Å². The molecule has 0 saturated carbocycles. The molecule has 152 valence electrons. The fourth-order valence-electron chi connectivity index (χ4n) is 3.61. The molecular weight excluding hydrogens is 364 g/mol. The summed E-state index contributed by atoms with van der Waals surface area (Å²) in [4.78, 5) is 29.3. The van der Waals surface area contributed by atoms with E-state index in [9.17, 15) is 14.7 Å². The second-order valence-corrected chi connectivity index (χ2v) is 7.70. The number of unbranched alkanes of at least 4 members (excludes halogenated alkanes) is 1. The van der Waals surface area contributed by atoms with Crippen LogP contribution in [0, 0.1) is 6.92 Å². The summed E-state index contributed by atoms with van der Waals surface area (Å²) in [6.45, 7) is 4.48. The minimum atomic E-state index is -0.624. The first-order valence-corrected chi connectivity index (χ1v) is 9.98. The number of benzene rings is 2. The molecule has 1 saturated heterocycles. The number of aliphatic hydroxyl groups is 1. The average molecular weight is 392 g/mol. The lowest BCUT2D eigenvalue weighted by atomic mass is 9.94. The number of Topliss-reactive ketones (excluding diaryl/α,β-unsaturated/α-hetero) is 1. The lowest BCUT2D eigenvalue weighted by Gasteiger charge is -2.25. The minimum absolute atomic E-state index is 0.121. The first kappa shape index (κ1) is 20.6. The first-order valence-electron chi connectivity index (χ1n) is 9.98.